The zero-order chi connectivity index (χ0) is 13.9. The van der Waals surface area contributed by atoms with Gasteiger partial charge in [0.15, 0.2) is 0 Å². The second-order valence-corrected chi connectivity index (χ2v) is 6.72. The molecular weight excluding hydrogens is 286 g/mol. The van der Waals surface area contributed by atoms with Gasteiger partial charge in [-0.15, -0.1) is 0 Å². The van der Waals surface area contributed by atoms with Crippen LogP contribution in [0.3, 0.4) is 0 Å². The Morgan fingerprint density at radius 1 is 1.05 bits per heavy atom. The van der Waals surface area contributed by atoms with E-state index in [9.17, 15) is 0 Å². The SMILES string of the molecule is CNCc1ccc(Sc2ccc3c(c2)CCC3)cc1Cl. The van der Waals surface area contributed by atoms with Crippen molar-refractivity contribution < 1.29 is 0 Å². The third-order valence-electron chi connectivity index (χ3n) is 3.70. The van der Waals surface area contributed by atoms with Gasteiger partial charge in [0.1, 0.15) is 0 Å². The number of aryl methyl sites for hydroxylation is 2. The van der Waals surface area contributed by atoms with E-state index >= 15 is 0 Å². The fourth-order valence-electron chi connectivity index (χ4n) is 2.67. The van der Waals surface area contributed by atoms with Crippen molar-refractivity contribution in [2.24, 2.45) is 0 Å². The molecule has 2 aromatic carbocycles. The van der Waals surface area contributed by atoms with E-state index in [1.54, 1.807) is 11.8 Å². The summed E-state index contributed by atoms with van der Waals surface area (Å²) in [5.41, 5.74) is 4.19. The first kappa shape index (κ1) is 14.0. The summed E-state index contributed by atoms with van der Waals surface area (Å²) in [6, 6.07) is 13.2. The number of hydrogen-bond acceptors (Lipinski definition) is 2. The summed E-state index contributed by atoms with van der Waals surface area (Å²) in [4.78, 5) is 2.51. The molecule has 0 aromatic heterocycles. The summed E-state index contributed by atoms with van der Waals surface area (Å²) in [6.45, 7) is 0.808. The highest BCUT2D eigenvalue weighted by Gasteiger charge is 2.11. The number of rotatable bonds is 4. The van der Waals surface area contributed by atoms with Crippen LogP contribution in [0.4, 0.5) is 0 Å². The highest BCUT2D eigenvalue weighted by molar-refractivity contribution is 7.99. The molecule has 0 bridgehead atoms. The second-order valence-electron chi connectivity index (χ2n) is 5.17. The summed E-state index contributed by atoms with van der Waals surface area (Å²) in [6.07, 6.45) is 3.77. The lowest BCUT2D eigenvalue weighted by molar-refractivity contribution is 0.817. The Balaban J connectivity index is 1.79. The van der Waals surface area contributed by atoms with Gasteiger partial charge in [0.25, 0.3) is 0 Å². The van der Waals surface area contributed by atoms with Gasteiger partial charge in [0, 0.05) is 21.4 Å². The fraction of sp³-hybridized carbons (Fsp3) is 0.294. The zero-order valence-electron chi connectivity index (χ0n) is 11.6. The van der Waals surface area contributed by atoms with E-state index in [-0.39, 0.29) is 0 Å². The van der Waals surface area contributed by atoms with Gasteiger partial charge in [-0.2, -0.15) is 0 Å². The molecular formula is C17H18ClNS. The van der Waals surface area contributed by atoms with Crippen LogP contribution in [-0.4, -0.2) is 7.05 Å². The van der Waals surface area contributed by atoms with Crippen LogP contribution < -0.4 is 5.32 Å². The molecule has 0 atom stereocenters. The van der Waals surface area contributed by atoms with E-state index in [2.05, 4.69) is 41.7 Å². The Kier molecular flexibility index (Phi) is 4.35. The minimum absolute atomic E-state index is 0.808. The predicted octanol–water partition coefficient (Wildman–Crippen LogP) is 4.70. The van der Waals surface area contributed by atoms with Crippen LogP contribution in [0.25, 0.3) is 0 Å². The van der Waals surface area contributed by atoms with Crippen molar-refractivity contribution in [1.29, 1.82) is 0 Å². The number of halogens is 1. The van der Waals surface area contributed by atoms with Gasteiger partial charge in [-0.3, -0.25) is 0 Å². The minimum atomic E-state index is 0.808. The summed E-state index contributed by atoms with van der Waals surface area (Å²) in [5, 5.41) is 3.97. The standard InChI is InChI=1S/C17H18ClNS/c1-19-11-14-6-8-16(10-17(14)18)20-15-7-5-12-3-2-4-13(12)9-15/h5-10,19H,2-4,11H2,1H3. The minimum Gasteiger partial charge on any atom is -0.316 e. The molecule has 0 spiro atoms. The van der Waals surface area contributed by atoms with Crippen molar-refractivity contribution in [2.45, 2.75) is 35.6 Å². The van der Waals surface area contributed by atoms with Crippen molar-refractivity contribution in [3.05, 3.63) is 58.1 Å². The fourth-order valence-corrected chi connectivity index (χ4v) is 3.91. The van der Waals surface area contributed by atoms with Gasteiger partial charge < -0.3 is 5.32 Å². The monoisotopic (exact) mass is 303 g/mol. The Morgan fingerprint density at radius 2 is 1.80 bits per heavy atom. The molecule has 1 aliphatic rings. The Labute approximate surface area is 129 Å². The van der Waals surface area contributed by atoms with Gasteiger partial charge in [-0.1, -0.05) is 35.5 Å². The van der Waals surface area contributed by atoms with E-state index in [0.29, 0.717) is 0 Å². The van der Waals surface area contributed by atoms with Gasteiger partial charge in [-0.25, -0.2) is 0 Å². The first-order valence-electron chi connectivity index (χ1n) is 6.99. The molecule has 2 aromatic rings. The topological polar surface area (TPSA) is 12.0 Å². The maximum atomic E-state index is 6.31. The highest BCUT2D eigenvalue weighted by Crippen LogP contribution is 2.33. The predicted molar refractivity (Wildman–Crippen MR) is 86.8 cm³/mol. The van der Waals surface area contributed by atoms with E-state index in [1.165, 1.54) is 40.2 Å². The summed E-state index contributed by atoms with van der Waals surface area (Å²) < 4.78 is 0. The molecule has 0 saturated carbocycles. The maximum Gasteiger partial charge on any atom is 0.0462 e. The molecule has 0 heterocycles. The molecule has 0 fully saturated rings. The molecule has 0 radical (unpaired) electrons. The average molecular weight is 304 g/mol. The van der Waals surface area contributed by atoms with Gasteiger partial charge in [0.05, 0.1) is 0 Å². The number of nitrogens with one attached hydrogen (secondary N) is 1. The second kappa shape index (κ2) is 6.21. The Morgan fingerprint density at radius 3 is 2.60 bits per heavy atom. The molecule has 104 valence electrons. The Bertz CT molecular complexity index is 624. The molecule has 3 heteroatoms. The van der Waals surface area contributed by atoms with E-state index in [4.69, 9.17) is 11.6 Å². The van der Waals surface area contributed by atoms with Crippen LogP contribution >= 0.6 is 23.4 Å². The first-order chi connectivity index (χ1) is 9.76. The smallest absolute Gasteiger partial charge is 0.0462 e. The van der Waals surface area contributed by atoms with Crippen molar-refractivity contribution in [1.82, 2.24) is 5.32 Å². The third kappa shape index (κ3) is 3.03. The molecule has 1 N–H and O–H groups in total. The normalized spacial score (nSPS) is 13.5. The summed E-state index contributed by atoms with van der Waals surface area (Å²) in [7, 11) is 1.93. The van der Waals surface area contributed by atoms with E-state index in [1.807, 2.05) is 7.05 Å². The molecule has 20 heavy (non-hydrogen) atoms. The lowest BCUT2D eigenvalue weighted by Crippen LogP contribution is -2.05. The molecule has 0 saturated heterocycles. The van der Waals surface area contributed by atoms with Gasteiger partial charge in [-0.05, 0) is 67.3 Å². The van der Waals surface area contributed by atoms with E-state index < -0.39 is 0 Å². The maximum absolute atomic E-state index is 6.31. The third-order valence-corrected chi connectivity index (χ3v) is 5.03. The highest BCUT2D eigenvalue weighted by atomic mass is 35.5. The largest absolute Gasteiger partial charge is 0.316 e. The van der Waals surface area contributed by atoms with Gasteiger partial charge >= 0.3 is 0 Å². The van der Waals surface area contributed by atoms with E-state index in [0.717, 1.165) is 17.1 Å². The molecule has 3 rings (SSSR count). The molecule has 0 unspecified atom stereocenters. The average Bonchev–Trinajstić information content (AvgIpc) is 2.89. The molecule has 0 aliphatic heterocycles. The lowest BCUT2D eigenvalue weighted by Gasteiger charge is -2.08. The van der Waals surface area contributed by atoms with Crippen molar-refractivity contribution >= 4 is 23.4 Å². The van der Waals surface area contributed by atoms with Crippen molar-refractivity contribution in [3.8, 4) is 0 Å². The quantitative estimate of drug-likeness (QED) is 0.878. The summed E-state index contributed by atoms with van der Waals surface area (Å²) in [5.74, 6) is 0. The Hall–Kier alpha value is -0.960. The summed E-state index contributed by atoms with van der Waals surface area (Å²) >= 11 is 8.10. The number of benzene rings is 2. The van der Waals surface area contributed by atoms with Gasteiger partial charge in [0.2, 0.25) is 0 Å². The molecule has 1 nitrogen and oxygen atoms in total. The lowest BCUT2D eigenvalue weighted by atomic mass is 10.1. The number of fused-ring (bicyclic) bond motifs is 1. The molecule has 1 aliphatic carbocycles. The van der Waals surface area contributed by atoms with Crippen LogP contribution in [0, 0.1) is 0 Å². The van der Waals surface area contributed by atoms with Crippen LogP contribution in [0.2, 0.25) is 5.02 Å². The molecule has 0 amide bonds. The van der Waals surface area contributed by atoms with Crippen LogP contribution in [0.15, 0.2) is 46.2 Å². The van der Waals surface area contributed by atoms with Crippen LogP contribution in [0.5, 0.6) is 0 Å². The zero-order valence-corrected chi connectivity index (χ0v) is 13.2. The van der Waals surface area contributed by atoms with Crippen LogP contribution in [0.1, 0.15) is 23.1 Å². The van der Waals surface area contributed by atoms with Crippen molar-refractivity contribution in [2.75, 3.05) is 7.05 Å². The van der Waals surface area contributed by atoms with Crippen LogP contribution in [-0.2, 0) is 19.4 Å². The number of hydrogen-bond donors (Lipinski definition) is 1. The first-order valence-corrected chi connectivity index (χ1v) is 8.18. The van der Waals surface area contributed by atoms with Crippen molar-refractivity contribution in [3.63, 3.8) is 0 Å².